The number of fused-ring (bicyclic) bond motifs is 15. The van der Waals surface area contributed by atoms with E-state index in [-0.39, 0.29) is 0 Å². The van der Waals surface area contributed by atoms with E-state index in [1.807, 2.05) is 18.2 Å². The van der Waals surface area contributed by atoms with Crippen molar-refractivity contribution in [2.45, 2.75) is 5.41 Å². The number of hydrogen-bond acceptors (Lipinski definition) is 2. The maximum absolute atomic E-state index is 6.42. The first-order valence-corrected chi connectivity index (χ1v) is 25.9. The van der Waals surface area contributed by atoms with E-state index in [1.54, 1.807) is 0 Å². The molecule has 2 aromatic heterocycles. The van der Waals surface area contributed by atoms with Crippen molar-refractivity contribution in [1.82, 2.24) is 0 Å². The fourth-order valence-electron chi connectivity index (χ4n) is 13.0. The number of rotatable bonds is 6. The fraction of sp³-hybridized carbons (Fsp3) is 0.0137. The molecular weight excluding hydrogens is 909 g/mol. The molecule has 0 saturated carbocycles. The van der Waals surface area contributed by atoms with E-state index in [2.05, 4.69) is 249 Å². The largest absolute Gasteiger partial charge is 0.456 e. The maximum atomic E-state index is 6.42. The summed E-state index contributed by atoms with van der Waals surface area (Å²) in [6.45, 7) is 0. The molecule has 0 atom stereocenters. The Morgan fingerprint density at radius 1 is 0.213 bits per heavy atom. The molecule has 16 rings (SSSR count). The predicted octanol–water partition coefficient (Wildman–Crippen LogP) is 20.0. The van der Waals surface area contributed by atoms with Gasteiger partial charge in [-0.2, -0.15) is 0 Å². The Labute approximate surface area is 433 Å². The average Bonchev–Trinajstić information content (AvgIpc) is 4.23. The van der Waals surface area contributed by atoms with Crippen LogP contribution in [0.3, 0.4) is 0 Å². The van der Waals surface area contributed by atoms with E-state index in [4.69, 9.17) is 8.83 Å². The summed E-state index contributed by atoms with van der Waals surface area (Å²) in [5.74, 6) is 0. The Morgan fingerprint density at radius 2 is 0.627 bits per heavy atom. The third-order valence-corrected chi connectivity index (χ3v) is 16.3. The van der Waals surface area contributed by atoms with Crippen LogP contribution in [0.25, 0.3) is 132 Å². The van der Waals surface area contributed by atoms with Crippen LogP contribution in [0, 0.1) is 0 Å². The molecule has 0 N–H and O–H groups in total. The zero-order valence-corrected chi connectivity index (χ0v) is 40.7. The highest BCUT2D eigenvalue weighted by Gasteiger charge is 2.46. The Hall–Kier alpha value is -9.76. The average molecular weight is 953 g/mol. The van der Waals surface area contributed by atoms with Crippen molar-refractivity contribution in [3.05, 3.63) is 289 Å². The third kappa shape index (κ3) is 6.21. The second kappa shape index (κ2) is 16.1. The van der Waals surface area contributed by atoms with Crippen LogP contribution >= 0.6 is 0 Å². The van der Waals surface area contributed by atoms with Gasteiger partial charge in [0.2, 0.25) is 0 Å². The molecule has 2 heterocycles. The molecule has 0 amide bonds. The second-order valence-corrected chi connectivity index (χ2v) is 20.2. The first-order valence-electron chi connectivity index (χ1n) is 25.9. The van der Waals surface area contributed by atoms with Gasteiger partial charge >= 0.3 is 0 Å². The molecule has 75 heavy (non-hydrogen) atoms. The summed E-state index contributed by atoms with van der Waals surface area (Å²) in [5, 5.41) is 11.8. The molecule has 0 aliphatic heterocycles. The molecule has 0 radical (unpaired) electrons. The lowest BCUT2D eigenvalue weighted by molar-refractivity contribution is 0.664. The van der Waals surface area contributed by atoms with Gasteiger partial charge in [0.25, 0.3) is 0 Å². The predicted molar refractivity (Wildman–Crippen MR) is 313 cm³/mol. The topological polar surface area (TPSA) is 26.3 Å². The highest BCUT2D eigenvalue weighted by Crippen LogP contribution is 2.58. The Balaban J connectivity index is 0.778. The summed E-state index contributed by atoms with van der Waals surface area (Å²) >= 11 is 0. The van der Waals surface area contributed by atoms with E-state index in [0.717, 1.165) is 55.0 Å². The van der Waals surface area contributed by atoms with Crippen molar-refractivity contribution >= 4 is 76.2 Å². The zero-order chi connectivity index (χ0) is 49.2. The molecule has 1 aliphatic carbocycles. The summed E-state index contributed by atoms with van der Waals surface area (Å²) in [6.07, 6.45) is 0. The number of furan rings is 2. The molecule has 0 saturated heterocycles. The van der Waals surface area contributed by atoms with Crippen LogP contribution in [0.15, 0.2) is 276 Å². The van der Waals surface area contributed by atoms with Gasteiger partial charge in [0.1, 0.15) is 22.3 Å². The van der Waals surface area contributed by atoms with Gasteiger partial charge in [-0.15, -0.1) is 0 Å². The minimum Gasteiger partial charge on any atom is -0.456 e. The minimum absolute atomic E-state index is 0.454. The molecule has 1 aliphatic rings. The second-order valence-electron chi connectivity index (χ2n) is 20.2. The summed E-state index contributed by atoms with van der Waals surface area (Å²) in [5.41, 5.74) is 20.3. The first kappa shape index (κ1) is 41.8. The van der Waals surface area contributed by atoms with Gasteiger partial charge in [0.15, 0.2) is 0 Å². The number of hydrogen-bond donors (Lipinski definition) is 0. The SMILES string of the molecule is c1ccc(C2(c3ccccc3)c3ccccc3-c3c(-c4ccc5c6ccc(-c7cccc(-c8cccc(-c9ccc%10oc%11cc%12c(cc%11c%10c9)oc9ccccc9%12)c8)c7)cc6c6ccccc6c5c4)cccc32)cc1. The highest BCUT2D eigenvalue weighted by atomic mass is 16.3. The van der Waals surface area contributed by atoms with Gasteiger partial charge in [0.05, 0.1) is 5.41 Å². The number of para-hydroxylation sites is 1. The minimum atomic E-state index is -0.454. The van der Waals surface area contributed by atoms with Crippen molar-refractivity contribution in [3.63, 3.8) is 0 Å². The molecule has 0 fully saturated rings. The summed E-state index contributed by atoms with van der Waals surface area (Å²) < 4.78 is 12.7. The fourth-order valence-corrected chi connectivity index (χ4v) is 13.0. The molecule has 15 aromatic rings. The van der Waals surface area contributed by atoms with E-state index in [9.17, 15) is 0 Å². The van der Waals surface area contributed by atoms with Gasteiger partial charge in [0, 0.05) is 21.5 Å². The molecule has 2 nitrogen and oxygen atoms in total. The van der Waals surface area contributed by atoms with Crippen molar-refractivity contribution in [2.75, 3.05) is 0 Å². The Bertz CT molecular complexity index is 4760. The zero-order valence-electron chi connectivity index (χ0n) is 40.7. The normalized spacial score (nSPS) is 12.9. The van der Waals surface area contributed by atoms with Crippen LogP contribution in [0.2, 0.25) is 0 Å². The van der Waals surface area contributed by atoms with Gasteiger partial charge in [-0.25, -0.2) is 0 Å². The first-order chi connectivity index (χ1) is 37.2. The molecule has 2 heteroatoms. The standard InChI is InChI=1S/C73H44O2/c1-3-20-52(21-4-1)73(53-22-5-2-6-23-53)66-29-11-9-27-60(66)72-54(28-15-30-67(72)73)51-33-36-58-57-35-32-49(40-61(57)55-24-7-8-25-56(55)62(58)42-51)47-18-13-16-45(38-47)46-17-14-19-48(39-46)50-34-37-69-63(41-50)65-44-70-64(43-71(65)75-69)59-26-10-12-31-68(59)74-70/h1-44H. The number of benzene rings is 13. The highest BCUT2D eigenvalue weighted by molar-refractivity contribution is 6.26. The third-order valence-electron chi connectivity index (χ3n) is 16.3. The molecule has 13 aromatic carbocycles. The van der Waals surface area contributed by atoms with Gasteiger partial charge in [-0.1, -0.05) is 212 Å². The Kier molecular flexibility index (Phi) is 8.99. The van der Waals surface area contributed by atoms with Gasteiger partial charge < -0.3 is 8.83 Å². The van der Waals surface area contributed by atoms with Crippen LogP contribution in [0.1, 0.15) is 22.3 Å². The van der Waals surface area contributed by atoms with Crippen LogP contribution in [-0.4, -0.2) is 0 Å². The van der Waals surface area contributed by atoms with Gasteiger partial charge in [-0.05, 0) is 165 Å². The van der Waals surface area contributed by atoms with E-state index in [0.29, 0.717) is 0 Å². The lowest BCUT2D eigenvalue weighted by Gasteiger charge is -2.34. The summed E-state index contributed by atoms with van der Waals surface area (Å²) in [4.78, 5) is 0. The van der Waals surface area contributed by atoms with E-state index in [1.165, 1.54) is 99.1 Å². The van der Waals surface area contributed by atoms with Crippen LogP contribution in [-0.2, 0) is 5.41 Å². The molecule has 0 bridgehead atoms. The van der Waals surface area contributed by atoms with Crippen molar-refractivity contribution in [1.29, 1.82) is 0 Å². The van der Waals surface area contributed by atoms with Crippen molar-refractivity contribution in [3.8, 4) is 55.6 Å². The van der Waals surface area contributed by atoms with Crippen molar-refractivity contribution in [2.24, 2.45) is 0 Å². The van der Waals surface area contributed by atoms with Crippen LogP contribution < -0.4 is 0 Å². The van der Waals surface area contributed by atoms with Crippen LogP contribution in [0.5, 0.6) is 0 Å². The molecule has 0 unspecified atom stereocenters. The lowest BCUT2D eigenvalue weighted by Crippen LogP contribution is -2.28. The van der Waals surface area contributed by atoms with E-state index < -0.39 is 5.41 Å². The molecule has 0 spiro atoms. The quantitative estimate of drug-likeness (QED) is 0.155. The molecular formula is C73H44O2. The van der Waals surface area contributed by atoms with Gasteiger partial charge in [-0.3, -0.25) is 0 Å². The van der Waals surface area contributed by atoms with Crippen LogP contribution in [0.4, 0.5) is 0 Å². The summed E-state index contributed by atoms with van der Waals surface area (Å²) in [7, 11) is 0. The maximum Gasteiger partial charge on any atom is 0.136 e. The molecule has 348 valence electrons. The lowest BCUT2D eigenvalue weighted by atomic mass is 9.67. The summed E-state index contributed by atoms with van der Waals surface area (Å²) in [6, 6.07) is 98.1. The smallest absolute Gasteiger partial charge is 0.136 e. The van der Waals surface area contributed by atoms with E-state index >= 15 is 0 Å². The monoisotopic (exact) mass is 952 g/mol. The Morgan fingerprint density at radius 3 is 1.27 bits per heavy atom. The van der Waals surface area contributed by atoms with Crippen molar-refractivity contribution < 1.29 is 8.83 Å².